The summed E-state index contributed by atoms with van der Waals surface area (Å²) in [5.74, 6) is 0. The highest BCUT2D eigenvalue weighted by atomic mass is 35.7. The SMILES string of the molecule is CCC(C#N)n1nc(C)c(S(=O)(=O)Cl)c1C. The zero-order valence-electron chi connectivity index (χ0n) is 9.23. The van der Waals surface area contributed by atoms with Gasteiger partial charge in [-0.15, -0.1) is 0 Å². The summed E-state index contributed by atoms with van der Waals surface area (Å²) in [6.45, 7) is 4.98. The molecule has 1 unspecified atom stereocenters. The number of hydrogen-bond acceptors (Lipinski definition) is 4. The first-order chi connectivity index (χ1) is 7.32. The summed E-state index contributed by atoms with van der Waals surface area (Å²) in [6, 6.07) is 1.60. The molecule has 5 nitrogen and oxygen atoms in total. The topological polar surface area (TPSA) is 75.8 Å². The minimum Gasteiger partial charge on any atom is -0.251 e. The number of nitriles is 1. The van der Waals surface area contributed by atoms with E-state index in [1.54, 1.807) is 13.8 Å². The lowest BCUT2D eigenvalue weighted by atomic mass is 10.2. The molecule has 0 aliphatic heterocycles. The van der Waals surface area contributed by atoms with E-state index in [1.165, 1.54) is 4.68 Å². The average molecular weight is 262 g/mol. The van der Waals surface area contributed by atoms with Crippen molar-refractivity contribution in [2.24, 2.45) is 0 Å². The van der Waals surface area contributed by atoms with Crippen LogP contribution in [0, 0.1) is 25.2 Å². The largest absolute Gasteiger partial charge is 0.264 e. The maximum absolute atomic E-state index is 11.3. The third-order valence-corrected chi connectivity index (χ3v) is 3.87. The van der Waals surface area contributed by atoms with Crippen LogP contribution >= 0.6 is 10.7 Å². The van der Waals surface area contributed by atoms with Gasteiger partial charge in [-0.1, -0.05) is 6.92 Å². The molecule has 0 aromatic carbocycles. The van der Waals surface area contributed by atoms with Crippen molar-refractivity contribution in [1.82, 2.24) is 9.78 Å². The molecule has 0 saturated carbocycles. The Hall–Kier alpha value is -1.06. The maximum atomic E-state index is 11.3. The van der Waals surface area contributed by atoms with Gasteiger partial charge in [0.15, 0.2) is 0 Å². The Morgan fingerprint density at radius 3 is 2.44 bits per heavy atom. The van der Waals surface area contributed by atoms with Gasteiger partial charge in [0.2, 0.25) is 0 Å². The van der Waals surface area contributed by atoms with Crippen LogP contribution in [0.2, 0.25) is 0 Å². The van der Waals surface area contributed by atoms with Crippen LogP contribution in [0.1, 0.15) is 30.8 Å². The van der Waals surface area contributed by atoms with Crippen LogP contribution in [0.25, 0.3) is 0 Å². The van der Waals surface area contributed by atoms with E-state index in [9.17, 15) is 8.42 Å². The zero-order chi connectivity index (χ0) is 12.5. The van der Waals surface area contributed by atoms with Gasteiger partial charge in [0, 0.05) is 10.7 Å². The van der Waals surface area contributed by atoms with Gasteiger partial charge in [0.05, 0.1) is 17.5 Å². The van der Waals surface area contributed by atoms with E-state index in [4.69, 9.17) is 15.9 Å². The van der Waals surface area contributed by atoms with Crippen LogP contribution in [0.5, 0.6) is 0 Å². The maximum Gasteiger partial charge on any atom is 0.264 e. The fourth-order valence-electron chi connectivity index (χ4n) is 1.62. The van der Waals surface area contributed by atoms with E-state index < -0.39 is 15.1 Å². The molecule has 1 heterocycles. The van der Waals surface area contributed by atoms with Gasteiger partial charge in [-0.3, -0.25) is 4.68 Å². The second-order valence-electron chi connectivity index (χ2n) is 3.44. The van der Waals surface area contributed by atoms with Gasteiger partial charge in [-0.2, -0.15) is 10.4 Å². The molecule has 88 valence electrons. The van der Waals surface area contributed by atoms with Crippen molar-refractivity contribution in [1.29, 1.82) is 5.26 Å². The van der Waals surface area contributed by atoms with Crippen molar-refractivity contribution in [3.8, 4) is 6.07 Å². The Bertz CT molecular complexity index is 542. The summed E-state index contributed by atoms with van der Waals surface area (Å²) in [4.78, 5) is 0.00265. The molecule has 7 heteroatoms. The molecule has 1 atom stereocenters. The van der Waals surface area contributed by atoms with Crippen molar-refractivity contribution in [2.45, 2.75) is 38.1 Å². The first-order valence-electron chi connectivity index (χ1n) is 4.72. The molecule has 0 amide bonds. The van der Waals surface area contributed by atoms with E-state index in [0.29, 0.717) is 17.8 Å². The number of aromatic nitrogens is 2. The molecule has 0 spiro atoms. The highest BCUT2D eigenvalue weighted by Gasteiger charge is 2.24. The fraction of sp³-hybridized carbons (Fsp3) is 0.556. The van der Waals surface area contributed by atoms with E-state index in [1.807, 2.05) is 6.92 Å². The minimum absolute atomic E-state index is 0.00265. The van der Waals surface area contributed by atoms with Gasteiger partial charge in [0.1, 0.15) is 10.9 Å². The lowest BCUT2D eigenvalue weighted by molar-refractivity contribution is 0.517. The third-order valence-electron chi connectivity index (χ3n) is 2.33. The molecule has 1 aromatic rings. The first kappa shape index (κ1) is 13.0. The Labute approximate surface area is 99.1 Å². The van der Waals surface area contributed by atoms with Crippen LogP contribution < -0.4 is 0 Å². The number of halogens is 1. The van der Waals surface area contributed by atoms with Crippen LogP contribution in [0.4, 0.5) is 0 Å². The average Bonchev–Trinajstić information content (AvgIpc) is 2.43. The molecule has 0 saturated heterocycles. The van der Waals surface area contributed by atoms with E-state index in [2.05, 4.69) is 11.2 Å². The van der Waals surface area contributed by atoms with E-state index in [-0.39, 0.29) is 4.90 Å². The third kappa shape index (κ3) is 2.20. The minimum atomic E-state index is -3.81. The van der Waals surface area contributed by atoms with Crippen molar-refractivity contribution >= 4 is 19.7 Å². The van der Waals surface area contributed by atoms with Gasteiger partial charge in [-0.05, 0) is 20.3 Å². The predicted octanol–water partition coefficient (Wildman–Crippen LogP) is 1.90. The highest BCUT2D eigenvalue weighted by Crippen LogP contribution is 2.25. The van der Waals surface area contributed by atoms with Crippen LogP contribution in [-0.4, -0.2) is 18.2 Å². The number of rotatable bonds is 3. The molecule has 0 aliphatic rings. The number of aryl methyl sites for hydroxylation is 1. The lowest BCUT2D eigenvalue weighted by Gasteiger charge is -2.08. The molecule has 0 bridgehead atoms. The van der Waals surface area contributed by atoms with Crippen molar-refractivity contribution in [2.75, 3.05) is 0 Å². The lowest BCUT2D eigenvalue weighted by Crippen LogP contribution is -2.09. The molecule has 0 aliphatic carbocycles. The molecule has 0 radical (unpaired) electrons. The second kappa shape index (κ2) is 4.44. The van der Waals surface area contributed by atoms with Crippen LogP contribution in [-0.2, 0) is 9.05 Å². The fourth-order valence-corrected chi connectivity index (χ4v) is 3.13. The summed E-state index contributed by atoms with van der Waals surface area (Å²) in [6.07, 6.45) is 0.556. The van der Waals surface area contributed by atoms with Crippen molar-refractivity contribution < 1.29 is 8.42 Å². The molecule has 1 aromatic heterocycles. The summed E-state index contributed by atoms with van der Waals surface area (Å²) >= 11 is 0. The highest BCUT2D eigenvalue weighted by molar-refractivity contribution is 8.13. The monoisotopic (exact) mass is 261 g/mol. The summed E-state index contributed by atoms with van der Waals surface area (Å²) in [7, 11) is 1.50. The number of nitrogens with zero attached hydrogens (tertiary/aromatic N) is 3. The van der Waals surface area contributed by atoms with Crippen molar-refractivity contribution in [3.05, 3.63) is 11.4 Å². The molecule has 0 fully saturated rings. The number of hydrogen-bond donors (Lipinski definition) is 0. The Morgan fingerprint density at radius 1 is 1.56 bits per heavy atom. The smallest absolute Gasteiger partial charge is 0.251 e. The molecule has 16 heavy (non-hydrogen) atoms. The Kier molecular flexibility index (Phi) is 3.61. The molecule has 0 N–H and O–H groups in total. The van der Waals surface area contributed by atoms with Crippen molar-refractivity contribution in [3.63, 3.8) is 0 Å². The van der Waals surface area contributed by atoms with Gasteiger partial charge < -0.3 is 0 Å². The van der Waals surface area contributed by atoms with E-state index >= 15 is 0 Å². The standard InChI is InChI=1S/C9H12ClN3O2S/c1-4-8(5-11)13-7(3)9(6(2)12-13)16(10,14)15/h8H,4H2,1-3H3. The normalized spacial score (nSPS) is 13.4. The molecule has 1 rings (SSSR count). The second-order valence-corrected chi connectivity index (χ2v) is 5.94. The molecular formula is C9H12ClN3O2S. The quantitative estimate of drug-likeness (QED) is 0.779. The summed E-state index contributed by atoms with van der Waals surface area (Å²) in [5.41, 5.74) is 0.724. The Balaban J connectivity index is 3.45. The van der Waals surface area contributed by atoms with Gasteiger partial charge in [-0.25, -0.2) is 8.42 Å². The predicted molar refractivity (Wildman–Crippen MR) is 59.7 cm³/mol. The van der Waals surface area contributed by atoms with Gasteiger partial charge in [0.25, 0.3) is 9.05 Å². The Morgan fingerprint density at radius 2 is 2.12 bits per heavy atom. The van der Waals surface area contributed by atoms with Crippen LogP contribution in [0.15, 0.2) is 4.90 Å². The zero-order valence-corrected chi connectivity index (χ0v) is 10.8. The van der Waals surface area contributed by atoms with Crippen LogP contribution in [0.3, 0.4) is 0 Å². The summed E-state index contributed by atoms with van der Waals surface area (Å²) < 4.78 is 24.0. The van der Waals surface area contributed by atoms with Gasteiger partial charge >= 0.3 is 0 Å². The van der Waals surface area contributed by atoms with E-state index in [0.717, 1.165) is 0 Å². The molecular weight excluding hydrogens is 250 g/mol. The first-order valence-corrected chi connectivity index (χ1v) is 7.03. The summed E-state index contributed by atoms with van der Waals surface area (Å²) in [5, 5.41) is 13.0.